The summed E-state index contributed by atoms with van der Waals surface area (Å²) in [5.41, 5.74) is 0.258. The van der Waals surface area contributed by atoms with Gasteiger partial charge in [-0.05, 0) is 36.8 Å². The van der Waals surface area contributed by atoms with E-state index in [4.69, 9.17) is 11.6 Å². The van der Waals surface area contributed by atoms with Crippen LogP contribution in [0.25, 0.3) is 0 Å². The molecule has 0 saturated carbocycles. The van der Waals surface area contributed by atoms with E-state index in [9.17, 15) is 23.2 Å². The van der Waals surface area contributed by atoms with Crippen molar-refractivity contribution in [3.8, 4) is 0 Å². The van der Waals surface area contributed by atoms with E-state index < -0.39 is 23.4 Å². The Labute approximate surface area is 177 Å². The standard InChI is InChI=1S/C21H20ClF2N3O3/c1-2-8-25(21(30)17-7-6-15(23)10-18(17)24)11-19(28)26-12-20(29)27(13-26)16-5-3-4-14(22)9-16/h3-7,9-10H,2,8,11-13H2,1H3. The average Bonchev–Trinajstić information content (AvgIpc) is 3.09. The van der Waals surface area contributed by atoms with Crippen LogP contribution in [0.4, 0.5) is 14.5 Å². The molecule has 158 valence electrons. The van der Waals surface area contributed by atoms with Crippen LogP contribution in [0.2, 0.25) is 5.02 Å². The van der Waals surface area contributed by atoms with Crippen molar-refractivity contribution in [2.75, 3.05) is 31.2 Å². The van der Waals surface area contributed by atoms with Crippen LogP contribution in [-0.4, -0.2) is 53.8 Å². The first-order chi connectivity index (χ1) is 14.3. The van der Waals surface area contributed by atoms with E-state index in [1.54, 1.807) is 24.3 Å². The number of hydrogen-bond donors (Lipinski definition) is 0. The molecule has 0 aliphatic carbocycles. The zero-order valence-corrected chi connectivity index (χ0v) is 17.0. The Bertz CT molecular complexity index is 986. The van der Waals surface area contributed by atoms with Gasteiger partial charge in [0.15, 0.2) is 0 Å². The maximum atomic E-state index is 14.0. The van der Waals surface area contributed by atoms with E-state index >= 15 is 0 Å². The molecule has 9 heteroatoms. The summed E-state index contributed by atoms with van der Waals surface area (Å²) in [5, 5.41) is 0.464. The minimum atomic E-state index is -0.989. The first-order valence-electron chi connectivity index (χ1n) is 9.38. The number of amides is 3. The Hall–Kier alpha value is -3.00. The van der Waals surface area contributed by atoms with Crippen LogP contribution in [0.5, 0.6) is 0 Å². The fourth-order valence-corrected chi connectivity index (χ4v) is 3.39. The van der Waals surface area contributed by atoms with Crippen LogP contribution in [0.3, 0.4) is 0 Å². The van der Waals surface area contributed by atoms with E-state index in [2.05, 4.69) is 0 Å². The normalized spacial score (nSPS) is 13.7. The molecule has 3 amide bonds. The summed E-state index contributed by atoms with van der Waals surface area (Å²) >= 11 is 5.97. The maximum Gasteiger partial charge on any atom is 0.257 e. The van der Waals surface area contributed by atoms with Crippen LogP contribution in [0.15, 0.2) is 42.5 Å². The SMILES string of the molecule is CCCN(CC(=O)N1CC(=O)N(c2cccc(Cl)c2)C1)C(=O)c1ccc(F)cc1F. The van der Waals surface area contributed by atoms with Crippen molar-refractivity contribution in [3.63, 3.8) is 0 Å². The number of halogens is 3. The van der Waals surface area contributed by atoms with E-state index in [-0.39, 0.29) is 37.8 Å². The van der Waals surface area contributed by atoms with Crippen molar-refractivity contribution in [1.82, 2.24) is 9.80 Å². The van der Waals surface area contributed by atoms with Gasteiger partial charge in [0.1, 0.15) is 31.4 Å². The molecule has 0 radical (unpaired) electrons. The Morgan fingerprint density at radius 3 is 2.60 bits per heavy atom. The summed E-state index contributed by atoms with van der Waals surface area (Å²) in [6.45, 7) is 1.59. The lowest BCUT2D eigenvalue weighted by Crippen LogP contribution is -2.43. The monoisotopic (exact) mass is 435 g/mol. The van der Waals surface area contributed by atoms with Gasteiger partial charge in [0.2, 0.25) is 11.8 Å². The zero-order valence-electron chi connectivity index (χ0n) is 16.3. The molecule has 3 rings (SSSR count). The molecule has 6 nitrogen and oxygen atoms in total. The van der Waals surface area contributed by atoms with Crippen molar-refractivity contribution in [3.05, 3.63) is 64.7 Å². The predicted molar refractivity (Wildman–Crippen MR) is 108 cm³/mol. The van der Waals surface area contributed by atoms with Gasteiger partial charge < -0.3 is 9.80 Å². The number of rotatable bonds is 6. The van der Waals surface area contributed by atoms with Gasteiger partial charge in [-0.25, -0.2) is 8.78 Å². The van der Waals surface area contributed by atoms with Crippen LogP contribution in [0.1, 0.15) is 23.7 Å². The number of carbonyl (C=O) groups is 3. The summed E-state index contributed by atoms with van der Waals surface area (Å²) in [5.74, 6) is -3.21. The molecule has 1 aliphatic heterocycles. The molecule has 30 heavy (non-hydrogen) atoms. The minimum Gasteiger partial charge on any atom is -0.329 e. The molecule has 2 aromatic rings. The second-order valence-electron chi connectivity index (χ2n) is 6.89. The second kappa shape index (κ2) is 9.21. The first-order valence-corrected chi connectivity index (χ1v) is 9.76. The van der Waals surface area contributed by atoms with Crippen molar-refractivity contribution in [1.29, 1.82) is 0 Å². The molecular formula is C21H20ClF2N3O3. The lowest BCUT2D eigenvalue weighted by molar-refractivity contribution is -0.132. The minimum absolute atomic E-state index is 0.0249. The van der Waals surface area contributed by atoms with Crippen molar-refractivity contribution in [2.45, 2.75) is 13.3 Å². The summed E-state index contributed by atoms with van der Waals surface area (Å²) < 4.78 is 27.2. The second-order valence-corrected chi connectivity index (χ2v) is 7.32. The molecule has 0 spiro atoms. The average molecular weight is 436 g/mol. The van der Waals surface area contributed by atoms with E-state index in [1.165, 1.54) is 14.7 Å². The fraction of sp³-hybridized carbons (Fsp3) is 0.286. The number of benzene rings is 2. The third kappa shape index (κ3) is 4.76. The van der Waals surface area contributed by atoms with Gasteiger partial charge in [-0.1, -0.05) is 24.6 Å². The van der Waals surface area contributed by atoms with Gasteiger partial charge in [0, 0.05) is 23.3 Å². The molecule has 1 aliphatic rings. The van der Waals surface area contributed by atoms with Gasteiger partial charge in [-0.2, -0.15) is 0 Å². The molecule has 0 unspecified atom stereocenters. The first kappa shape index (κ1) is 21.7. The lowest BCUT2D eigenvalue weighted by atomic mass is 10.1. The summed E-state index contributed by atoms with van der Waals surface area (Å²) in [6, 6.07) is 9.39. The van der Waals surface area contributed by atoms with Gasteiger partial charge in [0.25, 0.3) is 5.91 Å². The highest BCUT2D eigenvalue weighted by Crippen LogP contribution is 2.23. The summed E-state index contributed by atoms with van der Waals surface area (Å²) in [4.78, 5) is 41.8. The van der Waals surface area contributed by atoms with Gasteiger partial charge in [-0.3, -0.25) is 19.3 Å². The lowest BCUT2D eigenvalue weighted by Gasteiger charge is -2.25. The van der Waals surface area contributed by atoms with Crippen LogP contribution >= 0.6 is 11.6 Å². The van der Waals surface area contributed by atoms with Crippen LogP contribution in [-0.2, 0) is 9.59 Å². The number of carbonyl (C=O) groups excluding carboxylic acids is 3. The molecule has 0 atom stereocenters. The van der Waals surface area contributed by atoms with E-state index in [1.807, 2.05) is 6.92 Å². The molecule has 1 fully saturated rings. The Morgan fingerprint density at radius 2 is 1.93 bits per heavy atom. The number of nitrogens with zero attached hydrogens (tertiary/aromatic N) is 3. The van der Waals surface area contributed by atoms with Gasteiger partial charge in [-0.15, -0.1) is 0 Å². The highest BCUT2D eigenvalue weighted by Gasteiger charge is 2.33. The van der Waals surface area contributed by atoms with Crippen molar-refractivity contribution < 1.29 is 23.2 Å². The smallest absolute Gasteiger partial charge is 0.257 e. The Kier molecular flexibility index (Phi) is 6.66. The van der Waals surface area contributed by atoms with Crippen molar-refractivity contribution >= 4 is 35.0 Å². The quantitative estimate of drug-likeness (QED) is 0.699. The van der Waals surface area contributed by atoms with Gasteiger partial charge >= 0.3 is 0 Å². The third-order valence-electron chi connectivity index (χ3n) is 4.68. The van der Waals surface area contributed by atoms with E-state index in [0.29, 0.717) is 23.2 Å². The molecule has 0 N–H and O–H groups in total. The summed E-state index contributed by atoms with van der Waals surface area (Å²) in [7, 11) is 0. The molecule has 0 aromatic heterocycles. The highest BCUT2D eigenvalue weighted by atomic mass is 35.5. The van der Waals surface area contributed by atoms with Crippen molar-refractivity contribution in [2.24, 2.45) is 0 Å². The number of anilines is 1. The Balaban J connectivity index is 1.72. The predicted octanol–water partition coefficient (Wildman–Crippen LogP) is 3.30. The summed E-state index contributed by atoms with van der Waals surface area (Å²) in [6.07, 6.45) is 0.537. The molecular weight excluding hydrogens is 416 g/mol. The fourth-order valence-electron chi connectivity index (χ4n) is 3.20. The zero-order chi connectivity index (χ0) is 21.8. The molecule has 0 bridgehead atoms. The van der Waals surface area contributed by atoms with Gasteiger partial charge in [0.05, 0.1) is 5.56 Å². The van der Waals surface area contributed by atoms with Crippen LogP contribution in [0, 0.1) is 11.6 Å². The topological polar surface area (TPSA) is 60.9 Å². The highest BCUT2D eigenvalue weighted by molar-refractivity contribution is 6.31. The maximum absolute atomic E-state index is 14.0. The van der Waals surface area contributed by atoms with Crippen LogP contribution < -0.4 is 4.90 Å². The molecule has 1 saturated heterocycles. The largest absolute Gasteiger partial charge is 0.329 e. The number of hydrogen-bond acceptors (Lipinski definition) is 3. The molecule has 2 aromatic carbocycles. The third-order valence-corrected chi connectivity index (χ3v) is 4.92. The van der Waals surface area contributed by atoms with E-state index in [0.717, 1.165) is 12.1 Å². The Morgan fingerprint density at radius 1 is 1.17 bits per heavy atom. The molecule has 1 heterocycles.